The lowest BCUT2D eigenvalue weighted by Crippen LogP contribution is -2.48. The Bertz CT molecular complexity index is 915. The van der Waals surface area contributed by atoms with Gasteiger partial charge in [-0.1, -0.05) is 30.4 Å². The van der Waals surface area contributed by atoms with Gasteiger partial charge in [0.25, 0.3) is 0 Å². The van der Waals surface area contributed by atoms with Gasteiger partial charge in [0.05, 0.1) is 12.6 Å². The second kappa shape index (κ2) is 10.5. The standard InChI is InChI=1S/C27H37N3O4/c31-24-10-12-30(18-24)26(32)14-21-9-11-29-17-22(21)5-3-13-34-25-6-2-1-4-23(25)16-28(19-27(29)33)15-20-7-8-20/h1-6,20-22,24,31H,7-19H2/b5-3+/t21-,22-,24+/m0/s1. The van der Waals surface area contributed by atoms with Crippen LogP contribution in [0.15, 0.2) is 36.4 Å². The van der Waals surface area contributed by atoms with Gasteiger partial charge in [0.2, 0.25) is 11.8 Å². The minimum Gasteiger partial charge on any atom is -0.489 e. The Kier molecular flexibility index (Phi) is 7.21. The first-order valence-corrected chi connectivity index (χ1v) is 12.9. The highest BCUT2D eigenvalue weighted by molar-refractivity contribution is 5.79. The monoisotopic (exact) mass is 467 g/mol. The van der Waals surface area contributed by atoms with Crippen LogP contribution in [0.5, 0.6) is 5.75 Å². The normalized spacial score (nSPS) is 29.4. The van der Waals surface area contributed by atoms with Gasteiger partial charge >= 0.3 is 0 Å². The average molecular weight is 468 g/mol. The molecule has 1 saturated carbocycles. The lowest BCUT2D eigenvalue weighted by Gasteiger charge is -2.38. The molecule has 3 fully saturated rings. The van der Waals surface area contributed by atoms with Gasteiger partial charge in [-0.2, -0.15) is 0 Å². The molecule has 2 saturated heterocycles. The molecule has 0 aromatic heterocycles. The fraction of sp³-hybridized carbons (Fsp3) is 0.630. The van der Waals surface area contributed by atoms with Crippen LogP contribution < -0.4 is 4.74 Å². The number of piperidine rings is 1. The summed E-state index contributed by atoms with van der Waals surface area (Å²) in [5.41, 5.74) is 1.12. The van der Waals surface area contributed by atoms with E-state index in [2.05, 4.69) is 17.0 Å². The molecule has 0 unspecified atom stereocenters. The van der Waals surface area contributed by atoms with Gasteiger partial charge in [0, 0.05) is 51.3 Å². The van der Waals surface area contributed by atoms with E-state index in [0.29, 0.717) is 58.1 Å². The van der Waals surface area contributed by atoms with Crippen LogP contribution in [-0.2, 0) is 16.1 Å². The molecule has 3 heterocycles. The first kappa shape index (κ1) is 23.4. The summed E-state index contributed by atoms with van der Waals surface area (Å²) in [6.45, 7) is 5.02. The molecule has 2 bridgehead atoms. The van der Waals surface area contributed by atoms with Crippen molar-refractivity contribution in [2.75, 3.05) is 45.9 Å². The van der Waals surface area contributed by atoms with Gasteiger partial charge in [-0.3, -0.25) is 14.5 Å². The number of aliphatic hydroxyl groups is 1. The number of hydrogen-bond donors (Lipinski definition) is 1. The number of carbonyl (C=O) groups excluding carboxylic acids is 2. The third kappa shape index (κ3) is 5.81. The van der Waals surface area contributed by atoms with Crippen LogP contribution in [0, 0.1) is 17.8 Å². The molecule has 34 heavy (non-hydrogen) atoms. The highest BCUT2D eigenvalue weighted by atomic mass is 16.5. The topological polar surface area (TPSA) is 73.3 Å². The maximum Gasteiger partial charge on any atom is 0.236 e. The number of para-hydroxylation sites is 1. The van der Waals surface area contributed by atoms with E-state index in [0.717, 1.165) is 30.8 Å². The lowest BCUT2D eigenvalue weighted by molar-refractivity contribution is -0.136. The highest BCUT2D eigenvalue weighted by Crippen LogP contribution is 2.32. The summed E-state index contributed by atoms with van der Waals surface area (Å²) in [7, 11) is 0. The smallest absolute Gasteiger partial charge is 0.236 e. The molecule has 4 aliphatic rings. The minimum atomic E-state index is -0.396. The molecule has 184 valence electrons. The van der Waals surface area contributed by atoms with Crippen LogP contribution in [0.25, 0.3) is 0 Å². The van der Waals surface area contributed by atoms with Crippen LogP contribution in [0.4, 0.5) is 0 Å². The van der Waals surface area contributed by atoms with E-state index in [1.807, 2.05) is 29.2 Å². The Balaban J connectivity index is 1.32. The molecular formula is C27H37N3O4. The molecular weight excluding hydrogens is 430 g/mol. The number of amides is 2. The maximum atomic E-state index is 13.4. The molecule has 1 aliphatic carbocycles. The van der Waals surface area contributed by atoms with Crippen molar-refractivity contribution in [3.63, 3.8) is 0 Å². The molecule has 7 nitrogen and oxygen atoms in total. The van der Waals surface area contributed by atoms with Gasteiger partial charge in [0.1, 0.15) is 12.4 Å². The number of likely N-dealkylation sites (tertiary alicyclic amines) is 1. The van der Waals surface area contributed by atoms with Crippen LogP contribution in [0.3, 0.4) is 0 Å². The molecule has 3 atom stereocenters. The number of nitrogens with zero attached hydrogens (tertiary/aromatic N) is 3. The Morgan fingerprint density at radius 2 is 1.91 bits per heavy atom. The molecule has 1 N–H and O–H groups in total. The van der Waals surface area contributed by atoms with Crippen LogP contribution in [0.1, 0.15) is 37.7 Å². The van der Waals surface area contributed by atoms with Crippen molar-refractivity contribution in [2.45, 2.75) is 44.8 Å². The van der Waals surface area contributed by atoms with Crippen molar-refractivity contribution in [3.8, 4) is 5.75 Å². The van der Waals surface area contributed by atoms with Crippen LogP contribution in [0.2, 0.25) is 0 Å². The third-order valence-electron chi connectivity index (χ3n) is 7.77. The number of rotatable bonds is 4. The van der Waals surface area contributed by atoms with Gasteiger partial charge in [-0.05, 0) is 49.5 Å². The second-order valence-electron chi connectivity index (χ2n) is 10.5. The molecule has 5 rings (SSSR count). The molecule has 2 amide bonds. The molecule has 1 aromatic rings. The third-order valence-corrected chi connectivity index (χ3v) is 7.77. The van der Waals surface area contributed by atoms with Gasteiger partial charge in [-0.15, -0.1) is 0 Å². The summed E-state index contributed by atoms with van der Waals surface area (Å²) >= 11 is 0. The van der Waals surface area contributed by atoms with E-state index in [1.165, 1.54) is 12.8 Å². The first-order valence-electron chi connectivity index (χ1n) is 12.9. The zero-order valence-electron chi connectivity index (χ0n) is 20.0. The molecule has 1 aromatic carbocycles. The second-order valence-corrected chi connectivity index (χ2v) is 10.5. The number of carbonyl (C=O) groups is 2. The predicted octanol–water partition coefficient (Wildman–Crippen LogP) is 2.30. The Labute approximate surface area is 202 Å². The van der Waals surface area contributed by atoms with E-state index in [4.69, 9.17) is 4.74 Å². The summed E-state index contributed by atoms with van der Waals surface area (Å²) < 4.78 is 6.13. The lowest BCUT2D eigenvalue weighted by atomic mass is 9.82. The summed E-state index contributed by atoms with van der Waals surface area (Å²) in [5, 5.41) is 9.81. The number of aliphatic hydroxyl groups excluding tert-OH is 1. The van der Waals surface area contributed by atoms with Gasteiger partial charge < -0.3 is 19.6 Å². The van der Waals surface area contributed by atoms with E-state index >= 15 is 0 Å². The van der Waals surface area contributed by atoms with Crippen molar-refractivity contribution in [1.82, 2.24) is 14.7 Å². The summed E-state index contributed by atoms with van der Waals surface area (Å²) in [4.78, 5) is 32.3. The number of β-amino-alcohol motifs (C(OH)–C–C–N with tert-alkyl or cyclic N) is 1. The fourth-order valence-electron chi connectivity index (χ4n) is 5.58. The maximum absolute atomic E-state index is 13.4. The van der Waals surface area contributed by atoms with Crippen molar-refractivity contribution in [1.29, 1.82) is 0 Å². The van der Waals surface area contributed by atoms with E-state index in [1.54, 1.807) is 4.90 Å². The Hall–Kier alpha value is -2.38. The Morgan fingerprint density at radius 3 is 2.71 bits per heavy atom. The summed E-state index contributed by atoms with van der Waals surface area (Å²) in [6, 6.07) is 8.13. The number of ether oxygens (including phenoxy) is 1. The van der Waals surface area contributed by atoms with Gasteiger partial charge in [0.15, 0.2) is 0 Å². The van der Waals surface area contributed by atoms with E-state index in [-0.39, 0.29) is 23.7 Å². The molecule has 0 radical (unpaired) electrons. The van der Waals surface area contributed by atoms with Crippen molar-refractivity contribution in [2.24, 2.45) is 17.8 Å². The summed E-state index contributed by atoms with van der Waals surface area (Å²) in [5.74, 6) is 2.22. The van der Waals surface area contributed by atoms with E-state index in [9.17, 15) is 14.7 Å². The fourth-order valence-corrected chi connectivity index (χ4v) is 5.58. The zero-order chi connectivity index (χ0) is 23.5. The van der Waals surface area contributed by atoms with Crippen molar-refractivity contribution < 1.29 is 19.4 Å². The Morgan fingerprint density at radius 1 is 1.06 bits per heavy atom. The minimum absolute atomic E-state index is 0.124. The van der Waals surface area contributed by atoms with E-state index < -0.39 is 6.10 Å². The predicted molar refractivity (Wildman–Crippen MR) is 129 cm³/mol. The number of hydrogen-bond acceptors (Lipinski definition) is 5. The van der Waals surface area contributed by atoms with Crippen LogP contribution in [-0.4, -0.2) is 83.6 Å². The van der Waals surface area contributed by atoms with Crippen LogP contribution >= 0.6 is 0 Å². The van der Waals surface area contributed by atoms with Crippen molar-refractivity contribution >= 4 is 11.8 Å². The zero-order valence-corrected chi connectivity index (χ0v) is 20.0. The quantitative estimate of drug-likeness (QED) is 0.688. The SMILES string of the molecule is O=C(C[C@@H]1CCN2C[C@@H]1/C=C/COc1ccccc1CN(CC1CC1)CC2=O)N1CC[C@@H](O)C1. The molecule has 3 aliphatic heterocycles. The number of fused-ring (bicyclic) bond motifs is 3. The average Bonchev–Trinajstić information content (AvgIpc) is 3.53. The summed E-state index contributed by atoms with van der Waals surface area (Å²) in [6.07, 6.45) is 8.27. The highest BCUT2D eigenvalue weighted by Gasteiger charge is 2.35. The molecule has 7 heteroatoms. The molecule has 0 spiro atoms. The van der Waals surface area contributed by atoms with Crippen molar-refractivity contribution in [3.05, 3.63) is 42.0 Å². The van der Waals surface area contributed by atoms with Gasteiger partial charge in [-0.25, -0.2) is 0 Å². The first-order chi connectivity index (χ1) is 16.5. The largest absolute Gasteiger partial charge is 0.489 e. The number of benzene rings is 1.